The summed E-state index contributed by atoms with van der Waals surface area (Å²) in [5.41, 5.74) is 3.21. The molecule has 1 spiro atoms. The summed E-state index contributed by atoms with van der Waals surface area (Å²) < 4.78 is 24.1. The highest BCUT2D eigenvalue weighted by Crippen LogP contribution is 2.66. The zero-order valence-corrected chi connectivity index (χ0v) is 44.3. The van der Waals surface area contributed by atoms with Crippen molar-refractivity contribution in [2.24, 2.45) is 5.92 Å². The van der Waals surface area contributed by atoms with E-state index in [1.807, 2.05) is 115 Å². The second kappa shape index (κ2) is 23.7. The van der Waals surface area contributed by atoms with E-state index in [1.54, 1.807) is 54.6 Å². The minimum Gasteiger partial charge on any atom is -0.491 e. The number of nitrogens with zero attached hydrogens (tertiary/aromatic N) is 5. The van der Waals surface area contributed by atoms with Crippen LogP contribution in [-0.2, 0) is 47.2 Å². The molecule has 17 nitrogen and oxygen atoms in total. The number of nitro groups is 1. The topological polar surface area (TPSA) is 194 Å². The molecule has 0 aliphatic carbocycles. The molecule has 7 aromatic rings. The molecule has 3 amide bonds. The maximum Gasteiger partial charge on any atom is 0.421 e. The third-order valence-electron chi connectivity index (χ3n) is 15.4. The lowest BCUT2D eigenvalue weighted by molar-refractivity contribution is -0.384. The first kappa shape index (κ1) is 53.8. The van der Waals surface area contributed by atoms with Gasteiger partial charge in [0.15, 0.2) is 0 Å². The Morgan fingerprint density at radius 2 is 1.46 bits per heavy atom. The fraction of sp³-hybridized carbons (Fsp3) is 0.250. The molecular weight excluding hydrogens is 1030 g/mol. The van der Waals surface area contributed by atoms with E-state index >= 15 is 19.2 Å². The summed E-state index contributed by atoms with van der Waals surface area (Å²) in [4.78, 5) is 82.0. The number of aliphatic hydroxyl groups is 1. The van der Waals surface area contributed by atoms with Crippen LogP contribution in [0.15, 0.2) is 182 Å². The number of carbonyl (C=O) groups is 4. The average molecular weight is 1090 g/mol. The quantitative estimate of drug-likeness (QED) is 0.0428. The number of benzene rings is 7. The largest absolute Gasteiger partial charge is 0.491 e. The highest BCUT2D eigenvalue weighted by atomic mass is 16.6. The molecule has 6 atom stereocenters. The number of ether oxygens (including phenoxy) is 4. The minimum absolute atomic E-state index is 0.00588. The lowest BCUT2D eigenvalue weighted by Gasteiger charge is -2.46. The minimum atomic E-state index is -2.14. The van der Waals surface area contributed by atoms with Gasteiger partial charge in [-0.25, -0.2) is 9.69 Å². The van der Waals surface area contributed by atoms with Crippen molar-refractivity contribution < 1.29 is 48.2 Å². The average Bonchev–Trinajstić information content (AvgIpc) is 3.14. The number of nitro benzene ring substituents is 1. The molecule has 3 fully saturated rings. The van der Waals surface area contributed by atoms with Crippen LogP contribution in [0.3, 0.4) is 0 Å². The number of hydrogen-bond acceptors (Lipinski definition) is 14. The zero-order chi connectivity index (χ0) is 56.0. The van der Waals surface area contributed by atoms with Gasteiger partial charge in [0, 0.05) is 48.7 Å². The summed E-state index contributed by atoms with van der Waals surface area (Å²) in [6.45, 7) is 2.89. The number of imide groups is 1. The number of nitrogens with one attached hydrogen (secondary N) is 1. The van der Waals surface area contributed by atoms with Crippen molar-refractivity contribution in [2.75, 3.05) is 68.2 Å². The number of cyclic esters (lactones) is 1. The Morgan fingerprint density at radius 1 is 0.790 bits per heavy atom. The first-order valence-corrected chi connectivity index (χ1v) is 26.8. The van der Waals surface area contributed by atoms with Gasteiger partial charge in [0.1, 0.15) is 36.5 Å². The number of carbonyl (C=O) groups excluding carboxylic acids is 4. The lowest BCUT2D eigenvalue weighted by atomic mass is 9.65. The van der Waals surface area contributed by atoms with Gasteiger partial charge in [-0.3, -0.25) is 34.3 Å². The molecule has 4 heterocycles. The third-order valence-corrected chi connectivity index (χ3v) is 15.4. The zero-order valence-electron chi connectivity index (χ0n) is 44.3. The summed E-state index contributed by atoms with van der Waals surface area (Å²) in [6.07, 6.45) is -2.06. The molecule has 4 aliphatic heterocycles. The number of rotatable bonds is 15. The molecular formula is C64H58N6O11. The Labute approximate surface area is 468 Å². The van der Waals surface area contributed by atoms with E-state index in [0.29, 0.717) is 73.1 Å². The Kier molecular flexibility index (Phi) is 15.7. The number of esters is 1. The molecule has 0 unspecified atom stereocenters. The SMILES string of the molecule is CN(CC#Cc1ccc2c(c1)[C@]1(C(=O)N2C(=O)OCc2ccc([N+](=O)[O-])cc2)[C@H](C(=O)Nc2ccc(N3CCOCC3)cc2)[C@H]2C(=O)O[C@H](c3ccccc3)[C@H](c3ccccc3)N2[C@@H]1c1ccc(OCCO)cc1)Cc1ccccc1. The standard InChI is InChI=1S/C64H58N6O11/c1-66(41-44-12-5-2-6-13-44)33-11-14-43-21-32-54-53(40-43)64(62(74)68(54)63(75)80-42-45-19-26-51(27-20-45)70(76)77)55(60(72)65-49-24-28-50(29-25-49)67-34-37-78-38-35-67)57-61(73)81-58(47-17-9-4-10-18-47)56(46-15-7-3-8-16-46)69(57)59(64)48-22-30-52(31-23-48)79-39-36-71/h2-10,12-13,15-32,40,55-59,71H,33-39,41-42H2,1H3,(H,65,72)/t55-,56-,57-,58+,59+,64-/m0/s1. The predicted octanol–water partition coefficient (Wildman–Crippen LogP) is 8.93. The molecule has 81 heavy (non-hydrogen) atoms. The first-order valence-electron chi connectivity index (χ1n) is 26.8. The number of amides is 3. The molecule has 4 aliphatic rings. The Balaban J connectivity index is 1.12. The molecule has 3 saturated heterocycles. The highest BCUT2D eigenvalue weighted by molar-refractivity contribution is 6.24. The van der Waals surface area contributed by atoms with Crippen molar-refractivity contribution in [3.8, 4) is 17.6 Å². The van der Waals surface area contributed by atoms with Crippen LogP contribution in [-0.4, -0.2) is 103 Å². The van der Waals surface area contributed by atoms with E-state index in [2.05, 4.69) is 27.0 Å². The molecule has 0 radical (unpaired) electrons. The summed E-state index contributed by atoms with van der Waals surface area (Å²) >= 11 is 0. The van der Waals surface area contributed by atoms with Gasteiger partial charge >= 0.3 is 12.1 Å². The van der Waals surface area contributed by atoms with Crippen molar-refractivity contribution in [3.05, 3.63) is 231 Å². The van der Waals surface area contributed by atoms with Gasteiger partial charge in [-0.05, 0) is 107 Å². The number of hydrogen-bond donors (Lipinski definition) is 2. The van der Waals surface area contributed by atoms with E-state index in [-0.39, 0.29) is 36.8 Å². The van der Waals surface area contributed by atoms with E-state index in [4.69, 9.17) is 18.9 Å². The van der Waals surface area contributed by atoms with E-state index in [1.165, 1.54) is 24.3 Å². The normalized spacial score (nSPS) is 21.1. The maximum absolute atomic E-state index is 16.9. The van der Waals surface area contributed by atoms with Gasteiger partial charge in [0.2, 0.25) is 11.8 Å². The number of non-ortho nitro benzene ring substituents is 1. The van der Waals surface area contributed by atoms with E-state index < -0.39 is 64.4 Å². The molecule has 0 bridgehead atoms. The molecule has 7 aromatic carbocycles. The van der Waals surface area contributed by atoms with Gasteiger partial charge < -0.3 is 34.3 Å². The summed E-state index contributed by atoms with van der Waals surface area (Å²) in [7, 11) is 1.96. The van der Waals surface area contributed by atoms with Gasteiger partial charge in [0.05, 0.1) is 55.0 Å². The van der Waals surface area contributed by atoms with Gasteiger partial charge in [-0.15, -0.1) is 0 Å². The van der Waals surface area contributed by atoms with Crippen molar-refractivity contribution in [1.29, 1.82) is 0 Å². The monoisotopic (exact) mass is 1090 g/mol. The third kappa shape index (κ3) is 10.7. The van der Waals surface area contributed by atoms with E-state index in [0.717, 1.165) is 21.7 Å². The summed E-state index contributed by atoms with van der Waals surface area (Å²) in [5.74, 6) is 3.07. The van der Waals surface area contributed by atoms with Crippen LogP contribution in [0.4, 0.5) is 27.5 Å². The van der Waals surface area contributed by atoms with Gasteiger partial charge in [0.25, 0.3) is 5.69 Å². The fourth-order valence-electron chi connectivity index (χ4n) is 11.8. The number of fused-ring (bicyclic) bond motifs is 3. The van der Waals surface area contributed by atoms with Gasteiger partial charge in [-0.1, -0.05) is 115 Å². The van der Waals surface area contributed by atoms with Crippen LogP contribution in [0.1, 0.15) is 57.1 Å². The second-order valence-electron chi connectivity index (χ2n) is 20.4. The van der Waals surface area contributed by atoms with Crippen LogP contribution < -0.4 is 19.9 Å². The summed E-state index contributed by atoms with van der Waals surface area (Å²) in [5, 5.41) is 24.4. The van der Waals surface area contributed by atoms with Crippen molar-refractivity contribution in [1.82, 2.24) is 9.80 Å². The summed E-state index contributed by atoms with van der Waals surface area (Å²) in [6, 6.07) is 50.1. The fourth-order valence-corrected chi connectivity index (χ4v) is 11.8. The molecule has 2 N–H and O–H groups in total. The number of aliphatic hydroxyl groups excluding tert-OH is 1. The Morgan fingerprint density at radius 3 is 2.12 bits per heavy atom. The first-order chi connectivity index (χ1) is 39.5. The second-order valence-corrected chi connectivity index (χ2v) is 20.4. The molecule has 410 valence electrons. The predicted molar refractivity (Wildman–Crippen MR) is 302 cm³/mol. The van der Waals surface area contributed by atoms with Crippen molar-refractivity contribution >= 4 is 46.6 Å². The highest BCUT2D eigenvalue weighted by Gasteiger charge is 2.76. The van der Waals surface area contributed by atoms with Crippen molar-refractivity contribution in [3.63, 3.8) is 0 Å². The molecule has 0 saturated carbocycles. The van der Waals surface area contributed by atoms with Crippen LogP contribution >= 0.6 is 0 Å². The number of morpholine rings is 2. The maximum atomic E-state index is 16.9. The Hall–Kier alpha value is -9.18. The van der Waals surface area contributed by atoms with E-state index in [9.17, 15) is 15.2 Å². The van der Waals surface area contributed by atoms with Crippen LogP contribution in [0.2, 0.25) is 0 Å². The van der Waals surface area contributed by atoms with Crippen LogP contribution in [0, 0.1) is 27.9 Å². The lowest BCUT2D eigenvalue weighted by Crippen LogP contribution is -2.54. The number of anilines is 3. The molecule has 11 rings (SSSR count). The molecule has 17 heteroatoms. The van der Waals surface area contributed by atoms with Crippen molar-refractivity contribution in [2.45, 2.75) is 42.8 Å². The molecule has 0 aromatic heterocycles. The van der Waals surface area contributed by atoms with Crippen LogP contribution in [0.5, 0.6) is 5.75 Å². The van der Waals surface area contributed by atoms with Gasteiger partial charge in [-0.2, -0.15) is 0 Å². The smallest absolute Gasteiger partial charge is 0.421 e. The van der Waals surface area contributed by atoms with Crippen LogP contribution in [0.25, 0.3) is 0 Å². The Bertz CT molecular complexity index is 3480.